The Morgan fingerprint density at radius 3 is 2.10 bits per heavy atom. The number of amides is 4. The van der Waals surface area contributed by atoms with Crippen molar-refractivity contribution in [3.63, 3.8) is 0 Å². The van der Waals surface area contributed by atoms with Crippen molar-refractivity contribution in [2.45, 2.75) is 109 Å². The Balaban J connectivity index is 0.978. The molecule has 4 N–H and O–H groups in total. The summed E-state index contributed by atoms with van der Waals surface area (Å²) in [5.74, 6) is 1.30. The molecule has 2 bridgehead atoms. The van der Waals surface area contributed by atoms with Gasteiger partial charge in [-0.3, -0.25) is 20.0 Å². The van der Waals surface area contributed by atoms with E-state index in [0.717, 1.165) is 60.0 Å². The van der Waals surface area contributed by atoms with Gasteiger partial charge in [-0.1, -0.05) is 64.1 Å². The van der Waals surface area contributed by atoms with E-state index in [2.05, 4.69) is 57.0 Å². The van der Waals surface area contributed by atoms with Gasteiger partial charge in [-0.15, -0.1) is 0 Å². The van der Waals surface area contributed by atoms with Crippen LogP contribution in [0.3, 0.4) is 0 Å². The van der Waals surface area contributed by atoms with Crippen LogP contribution in [0.5, 0.6) is 0 Å². The molecule has 2 saturated heterocycles. The number of ether oxygens (including phenoxy) is 2. The standard InChI is InChI=1S/C49H60N8O6/c1-27(2)43(54-48(60)62-5)46(58)56-19-7-9-35(56)24-51-25-38(50)32-14-12-29-21-31(13-11-30(29)22-32)36-17-18-37(42-34-16-15-33(23-34)41(36)42)39-26-52-45(53-39)40-10-8-20-57(40)47(59)44(28(3)4)55-49(61)63-6/h11-14,17-18,21-22,25-28,33-35,40,43-44,50H,7-10,15-16,19-20,23-24H2,1-6H3,(H,52,53)(H,54,60)(H,55,61). The first kappa shape index (κ1) is 43.6. The van der Waals surface area contributed by atoms with Gasteiger partial charge in [0, 0.05) is 30.4 Å². The molecule has 4 aliphatic rings. The Labute approximate surface area is 369 Å². The Morgan fingerprint density at radius 1 is 0.810 bits per heavy atom. The number of aromatic nitrogens is 2. The number of aromatic amines is 1. The van der Waals surface area contributed by atoms with Crippen LogP contribution in [-0.4, -0.2) is 108 Å². The number of alkyl carbamates (subject to hydrolysis) is 2. The summed E-state index contributed by atoms with van der Waals surface area (Å²) in [7, 11) is 2.59. The van der Waals surface area contributed by atoms with Gasteiger partial charge in [0.25, 0.3) is 0 Å². The number of fused-ring (bicyclic) bond motifs is 6. The number of nitrogens with one attached hydrogen (secondary N) is 4. The molecule has 2 aliphatic carbocycles. The molecular weight excluding hydrogens is 797 g/mol. The van der Waals surface area contributed by atoms with Crippen LogP contribution >= 0.6 is 0 Å². The smallest absolute Gasteiger partial charge is 0.407 e. The highest BCUT2D eigenvalue weighted by atomic mass is 16.5. The number of hydrogen-bond acceptors (Lipinski definition) is 9. The van der Waals surface area contributed by atoms with E-state index in [-0.39, 0.29) is 35.7 Å². The number of rotatable bonds is 13. The molecular formula is C49H60N8O6. The quantitative estimate of drug-likeness (QED) is 0.0980. The lowest BCUT2D eigenvalue weighted by molar-refractivity contribution is -0.136. The van der Waals surface area contributed by atoms with E-state index in [1.807, 2.05) is 55.8 Å². The van der Waals surface area contributed by atoms with Gasteiger partial charge in [0.2, 0.25) is 11.8 Å². The van der Waals surface area contributed by atoms with Crippen LogP contribution in [0.25, 0.3) is 33.2 Å². The number of imidazole rings is 1. The third-order valence-corrected chi connectivity index (χ3v) is 13.7. The second kappa shape index (κ2) is 18.4. The van der Waals surface area contributed by atoms with Crippen LogP contribution < -0.4 is 10.6 Å². The highest BCUT2D eigenvalue weighted by Crippen LogP contribution is 2.58. The molecule has 63 heavy (non-hydrogen) atoms. The first-order chi connectivity index (χ1) is 30.4. The van der Waals surface area contributed by atoms with Crippen molar-refractivity contribution in [3.8, 4) is 22.4 Å². The molecule has 0 spiro atoms. The molecule has 4 aromatic rings. The zero-order valence-electron chi connectivity index (χ0n) is 37.2. The summed E-state index contributed by atoms with van der Waals surface area (Å²) in [4.78, 5) is 68.0. The maximum absolute atomic E-state index is 13.8. The van der Waals surface area contributed by atoms with Gasteiger partial charge in [0.05, 0.1) is 50.5 Å². The van der Waals surface area contributed by atoms with Crippen molar-refractivity contribution in [1.82, 2.24) is 30.4 Å². The molecule has 4 amide bonds. The molecule has 3 aromatic carbocycles. The van der Waals surface area contributed by atoms with E-state index < -0.39 is 24.3 Å². The molecule has 14 heteroatoms. The summed E-state index contributed by atoms with van der Waals surface area (Å²) >= 11 is 0. The van der Waals surface area contributed by atoms with Crippen molar-refractivity contribution in [1.29, 1.82) is 5.41 Å². The molecule has 14 nitrogen and oxygen atoms in total. The van der Waals surface area contributed by atoms with Crippen LogP contribution in [0, 0.1) is 17.2 Å². The van der Waals surface area contributed by atoms with Gasteiger partial charge >= 0.3 is 12.2 Å². The Bertz CT molecular complexity index is 2440. The van der Waals surface area contributed by atoms with Crippen LogP contribution in [-0.2, 0) is 19.1 Å². The number of methoxy groups -OCH3 is 2. The fourth-order valence-electron chi connectivity index (χ4n) is 10.5. The van der Waals surface area contributed by atoms with Crippen LogP contribution in [0.4, 0.5) is 9.59 Å². The molecule has 3 fully saturated rings. The molecule has 8 rings (SSSR count). The Kier molecular flexibility index (Phi) is 12.7. The summed E-state index contributed by atoms with van der Waals surface area (Å²) in [5, 5.41) is 16.4. The van der Waals surface area contributed by atoms with E-state index >= 15 is 0 Å². The lowest BCUT2D eigenvalue weighted by Gasteiger charge is -2.30. The zero-order chi connectivity index (χ0) is 44.5. The third-order valence-electron chi connectivity index (χ3n) is 13.7. The van der Waals surface area contributed by atoms with Crippen molar-refractivity contribution >= 4 is 46.7 Å². The second-order valence-electron chi connectivity index (χ2n) is 18.3. The lowest BCUT2D eigenvalue weighted by atomic mass is 9.82. The van der Waals surface area contributed by atoms with Gasteiger partial charge in [-0.05, 0) is 114 Å². The van der Waals surface area contributed by atoms with E-state index in [1.54, 1.807) is 6.21 Å². The average Bonchev–Trinajstić information content (AvgIpc) is 4.15. The maximum Gasteiger partial charge on any atom is 0.407 e. The van der Waals surface area contributed by atoms with Crippen LogP contribution in [0.1, 0.15) is 113 Å². The minimum Gasteiger partial charge on any atom is -0.453 e. The molecule has 1 aromatic heterocycles. The number of H-pyrrole nitrogens is 1. The molecule has 6 atom stereocenters. The molecule has 1 saturated carbocycles. The van der Waals surface area contributed by atoms with Crippen LogP contribution in [0.2, 0.25) is 0 Å². The summed E-state index contributed by atoms with van der Waals surface area (Å²) in [5.41, 5.74) is 8.49. The van der Waals surface area contributed by atoms with Crippen molar-refractivity contribution in [2.24, 2.45) is 16.8 Å². The molecule has 0 radical (unpaired) electrons. The van der Waals surface area contributed by atoms with Gasteiger partial charge in [0.15, 0.2) is 0 Å². The van der Waals surface area contributed by atoms with E-state index in [0.29, 0.717) is 37.2 Å². The minimum absolute atomic E-state index is 0.0954. The highest BCUT2D eigenvalue weighted by Gasteiger charge is 2.42. The van der Waals surface area contributed by atoms with Crippen LogP contribution in [0.15, 0.2) is 59.7 Å². The molecule has 2 aliphatic heterocycles. The monoisotopic (exact) mass is 856 g/mol. The van der Waals surface area contributed by atoms with Gasteiger partial charge in [0.1, 0.15) is 17.9 Å². The fourth-order valence-corrected chi connectivity index (χ4v) is 10.5. The minimum atomic E-state index is -0.688. The first-order valence-corrected chi connectivity index (χ1v) is 22.5. The second-order valence-corrected chi connectivity index (χ2v) is 18.3. The first-order valence-electron chi connectivity index (χ1n) is 22.5. The zero-order valence-corrected chi connectivity index (χ0v) is 37.2. The number of carbonyl (C=O) groups is 4. The largest absolute Gasteiger partial charge is 0.453 e. The van der Waals surface area contributed by atoms with E-state index in [1.165, 1.54) is 54.9 Å². The van der Waals surface area contributed by atoms with Gasteiger partial charge < -0.3 is 34.9 Å². The number of nitrogens with zero attached hydrogens (tertiary/aromatic N) is 4. The molecule has 3 heterocycles. The number of benzene rings is 3. The maximum atomic E-state index is 13.8. The number of carbonyl (C=O) groups excluding carboxylic acids is 4. The number of hydrogen-bond donors (Lipinski definition) is 4. The lowest BCUT2D eigenvalue weighted by Crippen LogP contribution is -2.52. The van der Waals surface area contributed by atoms with Gasteiger partial charge in [-0.25, -0.2) is 14.6 Å². The summed E-state index contributed by atoms with van der Waals surface area (Å²) in [6.45, 7) is 9.24. The van der Waals surface area contributed by atoms with Crippen molar-refractivity contribution in [3.05, 3.63) is 77.2 Å². The van der Waals surface area contributed by atoms with Crippen molar-refractivity contribution < 1.29 is 28.7 Å². The predicted octanol–water partition coefficient (Wildman–Crippen LogP) is 8.12. The van der Waals surface area contributed by atoms with E-state index in [9.17, 15) is 19.2 Å². The average molecular weight is 857 g/mol. The summed E-state index contributed by atoms with van der Waals surface area (Å²) < 4.78 is 9.56. The van der Waals surface area contributed by atoms with Gasteiger partial charge in [-0.2, -0.15) is 0 Å². The van der Waals surface area contributed by atoms with Crippen molar-refractivity contribution in [2.75, 3.05) is 33.9 Å². The third kappa shape index (κ3) is 8.68. The predicted molar refractivity (Wildman–Crippen MR) is 243 cm³/mol. The molecule has 332 valence electrons. The van der Waals surface area contributed by atoms with E-state index in [4.69, 9.17) is 19.9 Å². The summed E-state index contributed by atoms with van der Waals surface area (Å²) in [6, 6.07) is 15.5. The number of aliphatic imine (C=N–C) groups is 1. The number of likely N-dealkylation sites (tertiary alicyclic amines) is 2. The Hall–Kier alpha value is -6.05. The highest BCUT2D eigenvalue weighted by molar-refractivity contribution is 6.37. The topological polar surface area (TPSA) is 182 Å². The summed E-state index contributed by atoms with van der Waals surface area (Å²) in [6.07, 6.45) is 9.09. The SMILES string of the molecule is COC(=O)NC(C(=O)N1CCCC1CN=CC(=N)c1ccc2cc(-c3ccc(-c4cnc(C5CCCN5C(=O)C(NC(=O)OC)C(C)C)[nH]4)c4c3C3CCC4C3)ccc2c1)C(C)C. The molecule has 6 unspecified atom stereocenters. The Morgan fingerprint density at radius 2 is 1.41 bits per heavy atom. The fraction of sp³-hybridized carbons (Fsp3) is 0.490. The normalized spacial score (nSPS) is 21.3.